The van der Waals surface area contributed by atoms with E-state index in [4.69, 9.17) is 9.72 Å². The second-order valence-electron chi connectivity index (χ2n) is 6.48. The van der Waals surface area contributed by atoms with Crippen molar-refractivity contribution < 1.29 is 14.4 Å². The maximum absolute atomic E-state index is 12.3. The summed E-state index contributed by atoms with van der Waals surface area (Å²) in [6.07, 6.45) is 0. The van der Waals surface area contributed by atoms with Crippen LogP contribution in [0.2, 0.25) is 0 Å². The molecule has 0 bridgehead atoms. The Morgan fingerprint density at radius 3 is 2.58 bits per heavy atom. The first kappa shape index (κ1) is 17.0. The van der Waals surface area contributed by atoms with Gasteiger partial charge in [-0.1, -0.05) is 30.3 Å². The fraction of sp³-hybridized carbons (Fsp3) is 0.300. The van der Waals surface area contributed by atoms with Crippen LogP contribution >= 0.6 is 11.3 Å². The van der Waals surface area contributed by atoms with Gasteiger partial charge in [-0.25, -0.2) is 4.98 Å². The zero-order chi connectivity index (χ0) is 17.8. The lowest BCUT2D eigenvalue weighted by Gasteiger charge is -2.31. The number of carbonyl (C=O) groups is 1. The molecule has 1 amide bonds. The molecule has 0 atom stereocenters. The summed E-state index contributed by atoms with van der Waals surface area (Å²) in [5.41, 5.74) is 1.08. The van der Waals surface area contributed by atoms with Crippen molar-refractivity contribution in [3.05, 3.63) is 59.6 Å². The monoisotopic (exact) mass is 368 g/mol. The van der Waals surface area contributed by atoms with Crippen molar-refractivity contribution >= 4 is 27.5 Å². The van der Waals surface area contributed by atoms with Gasteiger partial charge in [0, 0.05) is 0 Å². The number of piperazine rings is 1. The van der Waals surface area contributed by atoms with Crippen LogP contribution in [0.3, 0.4) is 0 Å². The van der Waals surface area contributed by atoms with Crippen molar-refractivity contribution in [3.8, 4) is 5.75 Å². The molecule has 3 aromatic rings. The minimum atomic E-state index is 0.0629. The van der Waals surface area contributed by atoms with Crippen LogP contribution in [-0.2, 0) is 11.3 Å². The molecule has 1 fully saturated rings. The average Bonchev–Trinajstić information content (AvgIpc) is 3.10. The van der Waals surface area contributed by atoms with Gasteiger partial charge < -0.3 is 14.5 Å². The number of rotatable bonds is 5. The van der Waals surface area contributed by atoms with Crippen LogP contribution in [0.15, 0.2) is 54.6 Å². The van der Waals surface area contributed by atoms with Gasteiger partial charge in [-0.05, 0) is 24.3 Å². The summed E-state index contributed by atoms with van der Waals surface area (Å²) >= 11 is 1.77. The Hall–Kier alpha value is -2.44. The van der Waals surface area contributed by atoms with E-state index in [0.29, 0.717) is 0 Å². The first-order chi connectivity index (χ1) is 12.8. The molecule has 0 spiro atoms. The molecule has 2 heterocycles. The lowest BCUT2D eigenvalue weighted by molar-refractivity contribution is -0.917. The van der Waals surface area contributed by atoms with Crippen molar-refractivity contribution in [1.29, 1.82) is 0 Å². The van der Waals surface area contributed by atoms with Crippen LogP contribution in [0.1, 0.15) is 5.01 Å². The van der Waals surface area contributed by atoms with E-state index in [1.807, 2.05) is 41.3 Å². The Kier molecular flexibility index (Phi) is 5.13. The number of nitrogens with one attached hydrogen (secondary N) is 1. The maximum atomic E-state index is 12.3. The maximum Gasteiger partial charge on any atom is 0.260 e. The molecule has 6 heteroatoms. The molecule has 1 aromatic heterocycles. The molecule has 0 aliphatic carbocycles. The molecule has 0 radical (unpaired) electrons. The topological polar surface area (TPSA) is 46.9 Å². The molecule has 1 N–H and O–H groups in total. The number of thiazole rings is 1. The second kappa shape index (κ2) is 7.85. The van der Waals surface area contributed by atoms with Gasteiger partial charge in [0.2, 0.25) is 0 Å². The molecule has 26 heavy (non-hydrogen) atoms. The molecule has 4 rings (SSSR count). The summed E-state index contributed by atoms with van der Waals surface area (Å²) in [6.45, 7) is 4.49. The zero-order valence-electron chi connectivity index (χ0n) is 14.6. The molecular weight excluding hydrogens is 346 g/mol. The Balaban J connectivity index is 1.26. The van der Waals surface area contributed by atoms with Gasteiger partial charge >= 0.3 is 0 Å². The highest BCUT2D eigenvalue weighted by Crippen LogP contribution is 2.20. The van der Waals surface area contributed by atoms with Crippen molar-refractivity contribution in [3.63, 3.8) is 0 Å². The number of nitrogens with zero attached hydrogens (tertiary/aromatic N) is 2. The van der Waals surface area contributed by atoms with Crippen LogP contribution in [-0.4, -0.2) is 48.6 Å². The number of hydrogen-bond donors (Lipinski definition) is 1. The summed E-state index contributed by atoms with van der Waals surface area (Å²) in [4.78, 5) is 20.4. The first-order valence-electron chi connectivity index (χ1n) is 8.91. The standard InChI is InChI=1S/C20H21N3O2S/c24-20(15-25-16-6-2-1-3-7-16)23-12-10-22(11-13-23)14-19-21-17-8-4-5-9-18(17)26-19/h1-9H,10-15H2/p+1. The SMILES string of the molecule is O=C(COc1ccccc1)N1CC[NH+](Cc2nc3ccccc3s2)CC1. The molecule has 1 aliphatic rings. The van der Waals surface area contributed by atoms with Crippen LogP contribution in [0.25, 0.3) is 10.2 Å². The molecule has 0 unspecified atom stereocenters. The lowest BCUT2D eigenvalue weighted by atomic mass is 10.3. The van der Waals surface area contributed by atoms with Crippen molar-refractivity contribution in [2.24, 2.45) is 0 Å². The minimum Gasteiger partial charge on any atom is -0.484 e. The van der Waals surface area contributed by atoms with Gasteiger partial charge in [0.25, 0.3) is 5.91 Å². The smallest absolute Gasteiger partial charge is 0.260 e. The minimum absolute atomic E-state index is 0.0629. The number of quaternary nitrogens is 1. The predicted molar refractivity (Wildman–Crippen MR) is 103 cm³/mol. The summed E-state index contributed by atoms with van der Waals surface area (Å²) in [6, 6.07) is 17.7. The summed E-state index contributed by atoms with van der Waals surface area (Å²) in [7, 11) is 0. The molecule has 5 nitrogen and oxygen atoms in total. The predicted octanol–water partition coefficient (Wildman–Crippen LogP) is 1.60. The summed E-state index contributed by atoms with van der Waals surface area (Å²) in [5, 5.41) is 1.17. The normalized spacial score (nSPS) is 15.3. The van der Waals surface area contributed by atoms with Crippen LogP contribution in [0.4, 0.5) is 0 Å². The van der Waals surface area contributed by atoms with Gasteiger partial charge in [0.15, 0.2) is 6.61 Å². The second-order valence-corrected chi connectivity index (χ2v) is 7.60. The van der Waals surface area contributed by atoms with Gasteiger partial charge in [0.05, 0.1) is 36.4 Å². The zero-order valence-corrected chi connectivity index (χ0v) is 15.4. The van der Waals surface area contributed by atoms with E-state index >= 15 is 0 Å². The number of hydrogen-bond acceptors (Lipinski definition) is 4. The quantitative estimate of drug-likeness (QED) is 0.744. The molecule has 2 aromatic carbocycles. The van der Waals surface area contributed by atoms with E-state index in [9.17, 15) is 4.79 Å². The largest absolute Gasteiger partial charge is 0.484 e. The van der Waals surface area contributed by atoms with Crippen molar-refractivity contribution in [2.75, 3.05) is 32.8 Å². The van der Waals surface area contributed by atoms with Crippen LogP contribution in [0, 0.1) is 0 Å². The number of aromatic nitrogens is 1. The van der Waals surface area contributed by atoms with E-state index in [-0.39, 0.29) is 12.5 Å². The number of benzene rings is 2. The van der Waals surface area contributed by atoms with E-state index < -0.39 is 0 Å². The average molecular weight is 368 g/mol. The van der Waals surface area contributed by atoms with Crippen molar-refractivity contribution in [1.82, 2.24) is 9.88 Å². The highest BCUT2D eigenvalue weighted by atomic mass is 32.1. The summed E-state index contributed by atoms with van der Waals surface area (Å²) in [5.74, 6) is 0.800. The van der Waals surface area contributed by atoms with Gasteiger partial charge in [-0.3, -0.25) is 4.79 Å². The van der Waals surface area contributed by atoms with Gasteiger partial charge in [-0.2, -0.15) is 0 Å². The Morgan fingerprint density at radius 1 is 1.08 bits per heavy atom. The number of fused-ring (bicyclic) bond motifs is 1. The lowest BCUT2D eigenvalue weighted by Crippen LogP contribution is -3.13. The molecule has 134 valence electrons. The molecule has 1 saturated heterocycles. The molecular formula is C20H22N3O2S+. The Labute approximate surface area is 156 Å². The van der Waals surface area contributed by atoms with E-state index in [2.05, 4.69) is 18.2 Å². The van der Waals surface area contributed by atoms with E-state index in [1.54, 1.807) is 11.3 Å². The van der Waals surface area contributed by atoms with Crippen molar-refractivity contribution in [2.45, 2.75) is 6.54 Å². The number of ether oxygens (including phenoxy) is 1. The fourth-order valence-corrected chi connectivity index (χ4v) is 4.25. The number of amides is 1. The number of para-hydroxylation sites is 2. The summed E-state index contributed by atoms with van der Waals surface area (Å²) < 4.78 is 6.82. The van der Waals surface area contributed by atoms with Crippen LogP contribution in [0.5, 0.6) is 5.75 Å². The third-order valence-corrected chi connectivity index (χ3v) is 5.70. The van der Waals surface area contributed by atoms with E-state index in [1.165, 1.54) is 14.6 Å². The Morgan fingerprint density at radius 2 is 1.81 bits per heavy atom. The fourth-order valence-electron chi connectivity index (χ4n) is 3.21. The van der Waals surface area contributed by atoms with Gasteiger partial charge in [0.1, 0.15) is 17.3 Å². The Bertz CT molecular complexity index is 840. The first-order valence-corrected chi connectivity index (χ1v) is 9.73. The molecule has 0 saturated carbocycles. The van der Waals surface area contributed by atoms with Crippen LogP contribution < -0.4 is 9.64 Å². The molecule has 1 aliphatic heterocycles. The van der Waals surface area contributed by atoms with Gasteiger partial charge in [-0.15, -0.1) is 11.3 Å². The highest BCUT2D eigenvalue weighted by molar-refractivity contribution is 7.18. The third-order valence-electron chi connectivity index (χ3n) is 4.67. The highest BCUT2D eigenvalue weighted by Gasteiger charge is 2.24. The number of carbonyl (C=O) groups excluding carboxylic acids is 1. The van der Waals surface area contributed by atoms with E-state index in [0.717, 1.165) is 44.0 Å². The third kappa shape index (κ3) is 4.03.